The standard InChI is InChI=1S/C24H26N6O/c1-5-20-23-16-9-21(24(25)26-10-16)31-15(3)19-8-14(2)6-7-18(19)22-17(11-29(4)28-22)12-30(23)13-27-20/h6-11,13,15H,5,12H2,1-4H3,(H2,25,26). The zero-order valence-corrected chi connectivity index (χ0v) is 18.3. The molecule has 0 radical (unpaired) electrons. The number of ether oxygens (including phenoxy) is 1. The molecule has 2 N–H and O–H groups in total. The van der Waals surface area contributed by atoms with Crippen LogP contribution in [0.1, 0.15) is 42.3 Å². The van der Waals surface area contributed by atoms with Gasteiger partial charge in [0.25, 0.3) is 0 Å². The molecule has 0 fully saturated rings. The lowest BCUT2D eigenvalue weighted by molar-refractivity contribution is 0.228. The molecule has 4 aromatic rings. The van der Waals surface area contributed by atoms with Gasteiger partial charge >= 0.3 is 0 Å². The Balaban J connectivity index is 1.81. The predicted octanol–water partition coefficient (Wildman–Crippen LogP) is 4.30. The van der Waals surface area contributed by atoms with Crippen LogP contribution in [0.2, 0.25) is 0 Å². The molecule has 0 amide bonds. The number of nitrogens with two attached hydrogens (primary N) is 1. The maximum atomic E-state index is 6.37. The van der Waals surface area contributed by atoms with Gasteiger partial charge in [-0.25, -0.2) is 9.97 Å². The van der Waals surface area contributed by atoms with Gasteiger partial charge in [0.05, 0.1) is 30.0 Å². The molecule has 7 heteroatoms. The molecule has 2 bridgehead atoms. The van der Waals surface area contributed by atoms with Crippen LogP contribution in [0.3, 0.4) is 0 Å². The molecule has 4 heterocycles. The van der Waals surface area contributed by atoms with Gasteiger partial charge in [-0.2, -0.15) is 5.10 Å². The fourth-order valence-corrected chi connectivity index (χ4v) is 4.37. The number of nitrogen functional groups attached to an aromatic ring is 1. The largest absolute Gasteiger partial charge is 0.482 e. The number of nitrogens with zero attached hydrogens (tertiary/aromatic N) is 5. The Kier molecular flexibility index (Phi) is 4.54. The Morgan fingerprint density at radius 3 is 2.87 bits per heavy atom. The van der Waals surface area contributed by atoms with E-state index in [0.717, 1.165) is 45.8 Å². The Morgan fingerprint density at radius 1 is 1.23 bits per heavy atom. The van der Waals surface area contributed by atoms with Crippen LogP contribution >= 0.6 is 0 Å². The molecule has 7 nitrogen and oxygen atoms in total. The van der Waals surface area contributed by atoms with E-state index in [-0.39, 0.29) is 6.10 Å². The highest BCUT2D eigenvalue weighted by Gasteiger charge is 2.23. The van der Waals surface area contributed by atoms with Crippen molar-refractivity contribution in [2.75, 3.05) is 5.73 Å². The quantitative estimate of drug-likeness (QED) is 0.502. The highest BCUT2D eigenvalue weighted by Crippen LogP contribution is 2.37. The topological polar surface area (TPSA) is 83.8 Å². The minimum absolute atomic E-state index is 0.223. The van der Waals surface area contributed by atoms with Crippen LogP contribution in [0.25, 0.3) is 22.5 Å². The van der Waals surface area contributed by atoms with Gasteiger partial charge in [0.2, 0.25) is 0 Å². The Bertz CT molecular complexity index is 1290. The first kappa shape index (κ1) is 19.4. The SMILES string of the molecule is CCc1ncn2c1-c1cnc(N)c(c1)OC(C)c1cc(C)ccc1-c1nn(C)cc1C2. The first-order valence-electron chi connectivity index (χ1n) is 10.5. The first-order chi connectivity index (χ1) is 14.9. The van der Waals surface area contributed by atoms with Crippen molar-refractivity contribution < 1.29 is 4.74 Å². The highest BCUT2D eigenvalue weighted by atomic mass is 16.5. The molecule has 1 aromatic carbocycles. The van der Waals surface area contributed by atoms with Crippen LogP contribution in [-0.2, 0) is 20.0 Å². The summed E-state index contributed by atoms with van der Waals surface area (Å²) in [7, 11) is 1.96. The maximum Gasteiger partial charge on any atom is 0.166 e. The van der Waals surface area contributed by atoms with E-state index in [1.807, 2.05) is 31.0 Å². The number of imidazole rings is 1. The third-order valence-corrected chi connectivity index (χ3v) is 5.85. The van der Waals surface area contributed by atoms with Gasteiger partial charge in [0, 0.05) is 41.7 Å². The molecule has 5 rings (SSSR count). The summed E-state index contributed by atoms with van der Waals surface area (Å²) in [6.45, 7) is 6.90. The smallest absolute Gasteiger partial charge is 0.166 e. The summed E-state index contributed by atoms with van der Waals surface area (Å²) in [5.74, 6) is 0.957. The first-order valence-corrected chi connectivity index (χ1v) is 10.5. The van der Waals surface area contributed by atoms with Gasteiger partial charge in [0.15, 0.2) is 11.6 Å². The fourth-order valence-electron chi connectivity index (χ4n) is 4.37. The average Bonchev–Trinajstić information content (AvgIpc) is 3.32. The number of fused-ring (bicyclic) bond motifs is 7. The van der Waals surface area contributed by atoms with Crippen molar-refractivity contribution in [2.45, 2.75) is 39.8 Å². The summed E-state index contributed by atoms with van der Waals surface area (Å²) in [6.07, 6.45) is 6.37. The number of benzene rings is 1. The lowest BCUT2D eigenvalue weighted by atomic mass is 9.96. The van der Waals surface area contributed by atoms with Gasteiger partial charge in [-0.1, -0.05) is 30.7 Å². The summed E-state index contributed by atoms with van der Waals surface area (Å²) in [6, 6.07) is 8.39. The summed E-state index contributed by atoms with van der Waals surface area (Å²) in [5.41, 5.74) is 14.6. The zero-order chi connectivity index (χ0) is 21.7. The Labute approximate surface area is 181 Å². The van der Waals surface area contributed by atoms with Crippen molar-refractivity contribution in [2.24, 2.45) is 7.05 Å². The monoisotopic (exact) mass is 414 g/mol. The van der Waals surface area contributed by atoms with Crippen molar-refractivity contribution >= 4 is 5.82 Å². The molecule has 0 aliphatic carbocycles. The summed E-state index contributed by atoms with van der Waals surface area (Å²) in [4.78, 5) is 9.10. The molecule has 0 saturated heterocycles. The normalized spacial score (nSPS) is 15.2. The molecule has 0 saturated carbocycles. The number of hydrogen-bond acceptors (Lipinski definition) is 5. The van der Waals surface area contributed by atoms with Crippen molar-refractivity contribution in [3.8, 4) is 28.3 Å². The molecule has 1 aliphatic heterocycles. The summed E-state index contributed by atoms with van der Waals surface area (Å²) < 4.78 is 10.4. The lowest BCUT2D eigenvalue weighted by Gasteiger charge is -2.21. The van der Waals surface area contributed by atoms with E-state index in [0.29, 0.717) is 18.1 Å². The number of rotatable bonds is 1. The predicted molar refractivity (Wildman–Crippen MR) is 121 cm³/mol. The van der Waals surface area contributed by atoms with E-state index in [4.69, 9.17) is 15.6 Å². The second-order valence-electron chi connectivity index (χ2n) is 8.16. The summed E-state index contributed by atoms with van der Waals surface area (Å²) in [5, 5.41) is 4.82. The summed E-state index contributed by atoms with van der Waals surface area (Å²) >= 11 is 0. The molecular weight excluding hydrogens is 388 g/mol. The molecule has 31 heavy (non-hydrogen) atoms. The maximum absolute atomic E-state index is 6.37. The average molecular weight is 415 g/mol. The van der Waals surface area contributed by atoms with E-state index in [2.05, 4.69) is 52.8 Å². The van der Waals surface area contributed by atoms with Crippen molar-refractivity contribution in [3.05, 3.63) is 65.4 Å². The van der Waals surface area contributed by atoms with E-state index >= 15 is 0 Å². The molecular formula is C24H26N6O. The molecule has 3 aromatic heterocycles. The molecule has 1 unspecified atom stereocenters. The van der Waals surface area contributed by atoms with Crippen molar-refractivity contribution in [1.29, 1.82) is 0 Å². The van der Waals surface area contributed by atoms with Crippen LogP contribution in [0.4, 0.5) is 5.82 Å². The number of pyridine rings is 1. The van der Waals surface area contributed by atoms with Gasteiger partial charge in [0.1, 0.15) is 6.10 Å². The second-order valence-corrected chi connectivity index (χ2v) is 8.16. The lowest BCUT2D eigenvalue weighted by Crippen LogP contribution is -2.10. The minimum Gasteiger partial charge on any atom is -0.482 e. The van der Waals surface area contributed by atoms with Gasteiger partial charge in [-0.05, 0) is 26.3 Å². The molecule has 0 spiro atoms. The van der Waals surface area contributed by atoms with Crippen LogP contribution in [-0.4, -0.2) is 24.3 Å². The van der Waals surface area contributed by atoms with Crippen LogP contribution in [0, 0.1) is 6.92 Å². The number of anilines is 1. The van der Waals surface area contributed by atoms with Crippen LogP contribution < -0.4 is 10.5 Å². The van der Waals surface area contributed by atoms with E-state index < -0.39 is 0 Å². The number of aromatic nitrogens is 5. The highest BCUT2D eigenvalue weighted by molar-refractivity contribution is 5.70. The van der Waals surface area contributed by atoms with Gasteiger partial charge in [-0.3, -0.25) is 4.68 Å². The third kappa shape index (κ3) is 3.26. The zero-order valence-electron chi connectivity index (χ0n) is 18.3. The van der Waals surface area contributed by atoms with Gasteiger partial charge in [-0.15, -0.1) is 0 Å². The molecule has 1 aliphatic rings. The Morgan fingerprint density at radius 2 is 2.06 bits per heavy atom. The van der Waals surface area contributed by atoms with Crippen LogP contribution in [0.15, 0.2) is 43.0 Å². The molecule has 158 valence electrons. The Hall–Kier alpha value is -3.61. The minimum atomic E-state index is -0.223. The molecule has 1 atom stereocenters. The van der Waals surface area contributed by atoms with E-state index in [1.54, 1.807) is 6.20 Å². The number of hydrogen-bond donors (Lipinski definition) is 1. The van der Waals surface area contributed by atoms with E-state index in [9.17, 15) is 0 Å². The number of aryl methyl sites for hydroxylation is 3. The van der Waals surface area contributed by atoms with Crippen molar-refractivity contribution in [1.82, 2.24) is 24.3 Å². The fraction of sp³-hybridized carbons (Fsp3) is 0.292. The van der Waals surface area contributed by atoms with Crippen LogP contribution in [0.5, 0.6) is 5.75 Å². The van der Waals surface area contributed by atoms with Gasteiger partial charge < -0.3 is 15.0 Å². The second kappa shape index (κ2) is 7.27. The van der Waals surface area contributed by atoms with Crippen molar-refractivity contribution in [3.63, 3.8) is 0 Å². The third-order valence-electron chi connectivity index (χ3n) is 5.85. The van der Waals surface area contributed by atoms with E-state index in [1.165, 1.54) is 5.56 Å².